The van der Waals surface area contributed by atoms with Gasteiger partial charge in [0.25, 0.3) is 0 Å². The van der Waals surface area contributed by atoms with Gasteiger partial charge < -0.3 is 9.47 Å². The molecule has 0 spiro atoms. The van der Waals surface area contributed by atoms with Crippen LogP contribution in [0.15, 0.2) is 90.6 Å². The van der Waals surface area contributed by atoms with Crippen molar-refractivity contribution in [1.29, 1.82) is 5.26 Å². The van der Waals surface area contributed by atoms with Gasteiger partial charge in [-0.1, -0.05) is 48.5 Å². The van der Waals surface area contributed by atoms with Gasteiger partial charge in [0.1, 0.15) is 17.3 Å². The van der Waals surface area contributed by atoms with E-state index < -0.39 is 0 Å². The van der Waals surface area contributed by atoms with Gasteiger partial charge in [-0.15, -0.1) is 0 Å². The van der Waals surface area contributed by atoms with Crippen molar-refractivity contribution < 1.29 is 14.3 Å². The maximum Gasteiger partial charge on any atom is 0.203 e. The topological polar surface area (TPSA) is 77.1 Å². The van der Waals surface area contributed by atoms with Crippen LogP contribution in [0.5, 0.6) is 11.5 Å². The Bertz CT molecular complexity index is 1350. The van der Waals surface area contributed by atoms with Crippen LogP contribution >= 0.6 is 0 Å². The van der Waals surface area contributed by atoms with E-state index in [1.165, 1.54) is 0 Å². The number of rotatable bonds is 7. The predicted molar refractivity (Wildman–Crippen MR) is 126 cm³/mol. The number of allylic oxidation sites excluding steroid dienone is 1. The number of hydrogen-bond acceptors (Lipinski definition) is 5. The molecule has 0 saturated heterocycles. The van der Waals surface area contributed by atoms with E-state index in [4.69, 9.17) is 14.6 Å². The van der Waals surface area contributed by atoms with Gasteiger partial charge in [-0.25, -0.2) is 4.68 Å². The van der Waals surface area contributed by atoms with E-state index in [0.29, 0.717) is 28.3 Å². The third kappa shape index (κ3) is 4.53. The number of aromatic nitrogens is 2. The van der Waals surface area contributed by atoms with Gasteiger partial charge in [0.15, 0.2) is 11.5 Å². The predicted octanol–water partition coefficient (Wildman–Crippen LogP) is 5.35. The second kappa shape index (κ2) is 9.67. The van der Waals surface area contributed by atoms with Crippen molar-refractivity contribution >= 4 is 11.9 Å². The molecular formula is C27H21N3O3. The summed E-state index contributed by atoms with van der Waals surface area (Å²) in [5.74, 6) is 0.807. The highest BCUT2D eigenvalue weighted by atomic mass is 16.5. The summed E-state index contributed by atoms with van der Waals surface area (Å²) < 4.78 is 12.5. The molecule has 0 saturated carbocycles. The van der Waals surface area contributed by atoms with E-state index >= 15 is 0 Å². The molecule has 162 valence electrons. The average molecular weight is 435 g/mol. The number of ketones is 1. The summed E-state index contributed by atoms with van der Waals surface area (Å²) in [6.07, 6.45) is 3.38. The van der Waals surface area contributed by atoms with Crippen molar-refractivity contribution in [3.63, 3.8) is 0 Å². The highest BCUT2D eigenvalue weighted by molar-refractivity contribution is 6.14. The van der Waals surface area contributed by atoms with Gasteiger partial charge in [0.05, 0.1) is 19.9 Å². The van der Waals surface area contributed by atoms with Gasteiger partial charge in [0.2, 0.25) is 5.78 Å². The molecule has 0 bridgehead atoms. The lowest BCUT2D eigenvalue weighted by Crippen LogP contribution is -2.01. The third-order valence-electron chi connectivity index (χ3n) is 5.12. The number of ether oxygens (including phenoxy) is 2. The summed E-state index contributed by atoms with van der Waals surface area (Å²) in [5.41, 5.74) is 3.33. The average Bonchev–Trinajstić information content (AvgIpc) is 3.31. The molecule has 0 aliphatic heterocycles. The molecule has 0 fully saturated rings. The number of nitriles is 1. The number of benzene rings is 3. The number of nitrogens with zero attached hydrogens (tertiary/aromatic N) is 3. The fourth-order valence-electron chi connectivity index (χ4n) is 3.46. The van der Waals surface area contributed by atoms with Gasteiger partial charge in [0, 0.05) is 22.9 Å². The fourth-order valence-corrected chi connectivity index (χ4v) is 3.46. The van der Waals surface area contributed by atoms with Crippen LogP contribution in [0.3, 0.4) is 0 Å². The van der Waals surface area contributed by atoms with E-state index in [9.17, 15) is 10.1 Å². The molecule has 1 aromatic heterocycles. The third-order valence-corrected chi connectivity index (χ3v) is 5.12. The molecule has 6 heteroatoms. The van der Waals surface area contributed by atoms with Crippen molar-refractivity contribution in [3.05, 3.63) is 102 Å². The summed E-state index contributed by atoms with van der Waals surface area (Å²) in [5, 5.41) is 14.5. The largest absolute Gasteiger partial charge is 0.493 e. The number of hydrogen-bond donors (Lipinski definition) is 0. The number of methoxy groups -OCH3 is 2. The second-order valence-corrected chi connectivity index (χ2v) is 7.15. The number of para-hydroxylation sites is 1. The maximum absolute atomic E-state index is 12.9. The Labute approximate surface area is 191 Å². The first kappa shape index (κ1) is 21.6. The Morgan fingerprint density at radius 3 is 2.24 bits per heavy atom. The standard InChI is InChI=1S/C27H21N3O3/c1-32-24-14-13-20(16-25(24)33-2)26-22(18-30(29-26)23-11-7-4-8-12-23)15-21(17-28)27(31)19-9-5-3-6-10-19/h3-16,18H,1-2H3/b21-15-. The van der Waals surface area contributed by atoms with Crippen LogP contribution in [0.25, 0.3) is 23.0 Å². The molecule has 0 aliphatic rings. The Morgan fingerprint density at radius 2 is 1.61 bits per heavy atom. The molecule has 0 unspecified atom stereocenters. The molecule has 0 atom stereocenters. The van der Waals surface area contributed by atoms with Crippen LogP contribution in [0.2, 0.25) is 0 Å². The van der Waals surface area contributed by atoms with E-state index in [2.05, 4.69) is 0 Å². The van der Waals surface area contributed by atoms with Crippen LogP contribution in [0.1, 0.15) is 15.9 Å². The SMILES string of the molecule is COc1ccc(-c2nn(-c3ccccc3)cc2/C=C(/C#N)C(=O)c2ccccc2)cc1OC. The van der Waals surface area contributed by atoms with Crippen molar-refractivity contribution in [2.45, 2.75) is 0 Å². The lowest BCUT2D eigenvalue weighted by Gasteiger charge is -2.09. The monoisotopic (exact) mass is 435 g/mol. The molecular weight excluding hydrogens is 414 g/mol. The number of carbonyl (C=O) groups excluding carboxylic acids is 1. The summed E-state index contributed by atoms with van der Waals surface area (Å²) >= 11 is 0. The Morgan fingerprint density at radius 1 is 0.939 bits per heavy atom. The zero-order chi connectivity index (χ0) is 23.2. The van der Waals surface area contributed by atoms with Crippen LogP contribution in [0, 0.1) is 11.3 Å². The molecule has 4 aromatic rings. The highest BCUT2D eigenvalue weighted by Crippen LogP contribution is 2.34. The van der Waals surface area contributed by atoms with E-state index in [-0.39, 0.29) is 11.4 Å². The molecule has 6 nitrogen and oxygen atoms in total. The van der Waals surface area contributed by atoms with Gasteiger partial charge >= 0.3 is 0 Å². The first-order valence-corrected chi connectivity index (χ1v) is 10.2. The van der Waals surface area contributed by atoms with Gasteiger partial charge in [-0.3, -0.25) is 4.79 Å². The van der Waals surface area contributed by atoms with Crippen LogP contribution in [0.4, 0.5) is 0 Å². The summed E-state index contributed by atoms with van der Waals surface area (Å²) in [4.78, 5) is 12.9. The minimum Gasteiger partial charge on any atom is -0.493 e. The summed E-state index contributed by atoms with van der Waals surface area (Å²) in [6, 6.07) is 25.9. The quantitative estimate of drug-likeness (QED) is 0.222. The molecule has 0 radical (unpaired) electrons. The summed E-state index contributed by atoms with van der Waals surface area (Å²) in [7, 11) is 3.14. The Hall–Kier alpha value is -4.63. The van der Waals surface area contributed by atoms with Gasteiger partial charge in [-0.2, -0.15) is 10.4 Å². The minimum atomic E-state index is -0.344. The maximum atomic E-state index is 12.9. The smallest absolute Gasteiger partial charge is 0.203 e. The number of Topliss-reactive ketones (excluding diaryl/α,β-unsaturated/α-hetero) is 1. The minimum absolute atomic E-state index is 0.0236. The number of carbonyl (C=O) groups is 1. The van der Waals surface area contributed by atoms with Crippen molar-refractivity contribution in [2.24, 2.45) is 0 Å². The van der Waals surface area contributed by atoms with Crippen LogP contribution in [-0.4, -0.2) is 29.8 Å². The van der Waals surface area contributed by atoms with Crippen molar-refractivity contribution in [1.82, 2.24) is 9.78 Å². The molecule has 3 aromatic carbocycles. The van der Waals surface area contributed by atoms with E-state index in [0.717, 1.165) is 11.3 Å². The lowest BCUT2D eigenvalue weighted by atomic mass is 10.0. The molecule has 0 aliphatic carbocycles. The molecule has 1 heterocycles. The normalized spacial score (nSPS) is 11.0. The fraction of sp³-hybridized carbons (Fsp3) is 0.0741. The van der Waals surface area contributed by atoms with Crippen LogP contribution in [-0.2, 0) is 0 Å². The lowest BCUT2D eigenvalue weighted by molar-refractivity contribution is 0.104. The molecule has 4 rings (SSSR count). The van der Waals surface area contributed by atoms with Gasteiger partial charge in [-0.05, 0) is 36.4 Å². The Balaban J connectivity index is 1.86. The van der Waals surface area contributed by atoms with E-state index in [1.54, 1.807) is 61.5 Å². The van der Waals surface area contributed by atoms with Crippen molar-refractivity contribution in [2.75, 3.05) is 14.2 Å². The van der Waals surface area contributed by atoms with E-state index in [1.807, 2.05) is 54.6 Å². The first-order chi connectivity index (χ1) is 16.1. The molecule has 0 N–H and O–H groups in total. The Kier molecular flexibility index (Phi) is 6.33. The molecule has 0 amide bonds. The zero-order valence-corrected chi connectivity index (χ0v) is 18.2. The van der Waals surface area contributed by atoms with Crippen molar-refractivity contribution in [3.8, 4) is 34.5 Å². The summed E-state index contributed by atoms with van der Waals surface area (Å²) in [6.45, 7) is 0. The second-order valence-electron chi connectivity index (χ2n) is 7.15. The molecule has 33 heavy (non-hydrogen) atoms. The zero-order valence-electron chi connectivity index (χ0n) is 18.2. The van der Waals surface area contributed by atoms with Crippen LogP contribution < -0.4 is 9.47 Å². The highest BCUT2D eigenvalue weighted by Gasteiger charge is 2.17. The first-order valence-electron chi connectivity index (χ1n) is 10.2.